The molecular weight excluding hydrogens is 334 g/mol. The topological polar surface area (TPSA) is 98.7 Å². The van der Waals surface area contributed by atoms with E-state index >= 15 is 0 Å². The van der Waals surface area contributed by atoms with E-state index in [4.69, 9.17) is 0 Å². The number of para-hydroxylation sites is 1. The van der Waals surface area contributed by atoms with Crippen LogP contribution in [0.5, 0.6) is 0 Å². The van der Waals surface area contributed by atoms with Gasteiger partial charge in [-0.05, 0) is 19.4 Å². The van der Waals surface area contributed by atoms with Crippen LogP contribution in [0.2, 0.25) is 0 Å². The minimum Gasteiger partial charge on any atom is -0.392 e. The van der Waals surface area contributed by atoms with Crippen LogP contribution < -0.4 is 10.6 Å². The molecule has 1 aromatic carbocycles. The summed E-state index contributed by atoms with van der Waals surface area (Å²) in [7, 11) is 0. The summed E-state index contributed by atoms with van der Waals surface area (Å²) < 4.78 is 0. The molecule has 0 radical (unpaired) electrons. The molecule has 3 aliphatic heterocycles. The van der Waals surface area contributed by atoms with E-state index in [1.165, 1.54) is 4.90 Å². The van der Waals surface area contributed by atoms with Crippen molar-refractivity contribution in [3.8, 4) is 0 Å². The molecule has 0 aliphatic carbocycles. The van der Waals surface area contributed by atoms with E-state index in [1.54, 1.807) is 19.1 Å². The third kappa shape index (κ3) is 2.04. The van der Waals surface area contributed by atoms with Gasteiger partial charge in [0.1, 0.15) is 5.54 Å². The van der Waals surface area contributed by atoms with Crippen molar-refractivity contribution in [1.29, 1.82) is 0 Å². The summed E-state index contributed by atoms with van der Waals surface area (Å²) in [6.45, 7) is 3.93. The first-order valence-corrected chi connectivity index (χ1v) is 9.15. The first-order chi connectivity index (χ1) is 12.4. The van der Waals surface area contributed by atoms with Gasteiger partial charge in [-0.1, -0.05) is 31.5 Å². The molecule has 7 heteroatoms. The monoisotopic (exact) mass is 357 g/mol. The van der Waals surface area contributed by atoms with Crippen molar-refractivity contribution in [1.82, 2.24) is 10.2 Å². The Labute approximate surface area is 151 Å². The largest absolute Gasteiger partial charge is 0.392 e. The SMILES string of the molecule is CCCCN1C(=O)[C@@H]2[C@H]([C@@H](C)O)N[C@]3(C(=O)Nc4ccccc43)[C@@H]2C1=O. The van der Waals surface area contributed by atoms with E-state index in [9.17, 15) is 19.5 Å². The number of nitrogens with one attached hydrogen (secondary N) is 2. The van der Waals surface area contributed by atoms with Gasteiger partial charge in [0, 0.05) is 23.8 Å². The van der Waals surface area contributed by atoms with Crippen LogP contribution in [0.15, 0.2) is 24.3 Å². The first kappa shape index (κ1) is 17.2. The molecule has 0 bridgehead atoms. The Morgan fingerprint density at radius 3 is 2.65 bits per heavy atom. The number of fused-ring (bicyclic) bond motifs is 4. The number of anilines is 1. The fourth-order valence-corrected chi connectivity index (χ4v) is 4.70. The molecule has 1 aromatic rings. The lowest BCUT2D eigenvalue weighted by Gasteiger charge is -2.30. The van der Waals surface area contributed by atoms with Gasteiger partial charge in [-0.2, -0.15) is 0 Å². The van der Waals surface area contributed by atoms with E-state index in [-0.39, 0.29) is 17.7 Å². The van der Waals surface area contributed by atoms with E-state index in [1.807, 2.05) is 19.1 Å². The average molecular weight is 357 g/mol. The van der Waals surface area contributed by atoms with Crippen molar-refractivity contribution in [3.63, 3.8) is 0 Å². The number of amides is 3. The van der Waals surface area contributed by atoms with Crippen LogP contribution in [-0.4, -0.2) is 46.4 Å². The van der Waals surface area contributed by atoms with Crippen molar-refractivity contribution < 1.29 is 19.5 Å². The highest BCUT2D eigenvalue weighted by atomic mass is 16.3. The maximum absolute atomic E-state index is 13.2. The summed E-state index contributed by atoms with van der Waals surface area (Å²) in [5.41, 5.74) is 0.000255. The molecule has 138 valence electrons. The number of benzene rings is 1. The highest BCUT2D eigenvalue weighted by Gasteiger charge is 2.70. The number of hydrogen-bond acceptors (Lipinski definition) is 5. The summed E-state index contributed by atoms with van der Waals surface area (Å²) in [5.74, 6) is -2.53. The Bertz CT molecular complexity index is 793. The van der Waals surface area contributed by atoms with Gasteiger partial charge in [-0.3, -0.25) is 24.6 Å². The molecule has 5 atom stereocenters. The number of rotatable bonds is 4. The normalized spacial score (nSPS) is 33.6. The number of hydrogen-bond donors (Lipinski definition) is 3. The number of imide groups is 1. The molecule has 2 fully saturated rings. The summed E-state index contributed by atoms with van der Waals surface area (Å²) in [4.78, 5) is 40.5. The molecule has 3 heterocycles. The third-order valence-corrected chi connectivity index (χ3v) is 5.90. The zero-order valence-corrected chi connectivity index (χ0v) is 14.9. The summed E-state index contributed by atoms with van der Waals surface area (Å²) in [6, 6.07) is 6.55. The van der Waals surface area contributed by atoms with Crippen LogP contribution in [0.3, 0.4) is 0 Å². The lowest BCUT2D eigenvalue weighted by Crippen LogP contribution is -2.54. The molecule has 26 heavy (non-hydrogen) atoms. The minimum atomic E-state index is -1.31. The molecule has 2 saturated heterocycles. The molecular formula is C19H23N3O4. The van der Waals surface area contributed by atoms with Gasteiger partial charge >= 0.3 is 0 Å². The summed E-state index contributed by atoms with van der Waals surface area (Å²) in [6.07, 6.45) is 0.712. The molecule has 7 nitrogen and oxygen atoms in total. The Morgan fingerprint density at radius 2 is 1.96 bits per heavy atom. The number of aliphatic hydroxyl groups is 1. The second-order valence-corrected chi connectivity index (χ2v) is 7.40. The van der Waals surface area contributed by atoms with E-state index in [2.05, 4.69) is 10.6 Å². The molecule has 0 aromatic heterocycles. The number of carbonyl (C=O) groups is 3. The Hall–Kier alpha value is -2.25. The molecule has 3 amide bonds. The van der Waals surface area contributed by atoms with Gasteiger partial charge in [0.05, 0.1) is 17.9 Å². The van der Waals surface area contributed by atoms with E-state index in [0.29, 0.717) is 17.8 Å². The average Bonchev–Trinajstić information content (AvgIpc) is 3.20. The van der Waals surface area contributed by atoms with Crippen molar-refractivity contribution in [2.24, 2.45) is 11.8 Å². The number of aliphatic hydroxyl groups excluding tert-OH is 1. The Kier molecular flexibility index (Phi) is 3.89. The standard InChI is InChI=1S/C19H23N3O4/c1-3-4-9-22-16(24)13-14(17(22)25)19(21-15(13)10(2)23)11-7-5-6-8-12(11)20-18(19)26/h5-8,10,13-15,21,23H,3-4,9H2,1-2H3,(H,20,26)/t10-,13+,14+,15+,19+/m1/s1. The molecule has 3 aliphatic rings. The quantitative estimate of drug-likeness (QED) is 0.685. The van der Waals surface area contributed by atoms with Crippen LogP contribution in [-0.2, 0) is 19.9 Å². The van der Waals surface area contributed by atoms with Crippen LogP contribution >= 0.6 is 0 Å². The van der Waals surface area contributed by atoms with Crippen molar-refractivity contribution in [2.75, 3.05) is 11.9 Å². The lowest BCUT2D eigenvalue weighted by molar-refractivity contribution is -0.143. The molecule has 4 rings (SSSR count). The first-order valence-electron chi connectivity index (χ1n) is 9.15. The van der Waals surface area contributed by atoms with Crippen molar-refractivity contribution >= 4 is 23.4 Å². The van der Waals surface area contributed by atoms with Crippen LogP contribution in [0.4, 0.5) is 5.69 Å². The summed E-state index contributed by atoms with van der Waals surface area (Å²) in [5, 5.41) is 16.3. The van der Waals surface area contributed by atoms with Crippen LogP contribution in [0.1, 0.15) is 32.3 Å². The van der Waals surface area contributed by atoms with Gasteiger partial charge in [0.25, 0.3) is 0 Å². The minimum absolute atomic E-state index is 0.291. The highest BCUT2D eigenvalue weighted by molar-refractivity contribution is 6.15. The van der Waals surface area contributed by atoms with Gasteiger partial charge < -0.3 is 10.4 Å². The number of nitrogens with zero attached hydrogens (tertiary/aromatic N) is 1. The number of carbonyl (C=O) groups excluding carboxylic acids is 3. The smallest absolute Gasteiger partial charge is 0.250 e. The van der Waals surface area contributed by atoms with Crippen molar-refractivity contribution in [2.45, 2.75) is 44.4 Å². The molecule has 0 unspecified atom stereocenters. The zero-order chi connectivity index (χ0) is 18.6. The fraction of sp³-hybridized carbons (Fsp3) is 0.526. The highest BCUT2D eigenvalue weighted by Crippen LogP contribution is 2.53. The predicted molar refractivity (Wildman–Crippen MR) is 94.0 cm³/mol. The number of unbranched alkanes of at least 4 members (excludes halogenated alkanes) is 1. The zero-order valence-electron chi connectivity index (χ0n) is 14.9. The molecule has 1 spiro atoms. The predicted octanol–water partition coefficient (Wildman–Crippen LogP) is 0.588. The van der Waals surface area contributed by atoms with Gasteiger partial charge in [-0.15, -0.1) is 0 Å². The van der Waals surface area contributed by atoms with Crippen LogP contribution in [0.25, 0.3) is 0 Å². The second kappa shape index (κ2) is 5.89. The maximum Gasteiger partial charge on any atom is 0.250 e. The van der Waals surface area contributed by atoms with E-state index in [0.717, 1.165) is 12.8 Å². The van der Waals surface area contributed by atoms with Gasteiger partial charge in [-0.25, -0.2) is 0 Å². The summed E-state index contributed by atoms with van der Waals surface area (Å²) >= 11 is 0. The van der Waals surface area contributed by atoms with E-state index < -0.39 is 29.5 Å². The fourth-order valence-electron chi connectivity index (χ4n) is 4.70. The Balaban J connectivity index is 1.85. The molecule has 0 saturated carbocycles. The Morgan fingerprint density at radius 1 is 1.23 bits per heavy atom. The third-order valence-electron chi connectivity index (χ3n) is 5.90. The van der Waals surface area contributed by atoms with Crippen LogP contribution in [0, 0.1) is 11.8 Å². The van der Waals surface area contributed by atoms with Crippen molar-refractivity contribution in [3.05, 3.63) is 29.8 Å². The van der Waals surface area contributed by atoms with Gasteiger partial charge in [0.2, 0.25) is 17.7 Å². The lowest BCUT2D eigenvalue weighted by atomic mass is 9.76. The molecule has 3 N–H and O–H groups in total. The number of likely N-dealkylation sites (tertiary alicyclic amines) is 1. The maximum atomic E-state index is 13.2. The second-order valence-electron chi connectivity index (χ2n) is 7.40. The van der Waals surface area contributed by atoms with Gasteiger partial charge in [0.15, 0.2) is 0 Å².